The van der Waals surface area contributed by atoms with E-state index in [1.807, 2.05) is 6.07 Å². The molecule has 5 nitrogen and oxygen atoms in total. The zero-order valence-electron chi connectivity index (χ0n) is 9.89. The number of aromatic nitrogens is 3. The minimum atomic E-state index is 0.515. The molecular weight excluding hydrogens is 298 g/mol. The number of pyridine rings is 1. The summed E-state index contributed by atoms with van der Waals surface area (Å²) >= 11 is 3.44. The number of methoxy groups -OCH3 is 1. The number of hydrogen-bond donors (Lipinski definition) is 0. The van der Waals surface area contributed by atoms with E-state index in [1.165, 1.54) is 12.8 Å². The summed E-state index contributed by atoms with van der Waals surface area (Å²) in [5.74, 6) is 2.52. The predicted molar refractivity (Wildman–Crippen MR) is 68.2 cm³/mol. The number of halogens is 1. The van der Waals surface area contributed by atoms with Crippen molar-refractivity contribution in [3.05, 3.63) is 22.6 Å². The molecule has 0 saturated heterocycles. The van der Waals surface area contributed by atoms with E-state index in [0.717, 1.165) is 22.4 Å². The van der Waals surface area contributed by atoms with E-state index in [2.05, 4.69) is 31.1 Å². The van der Waals surface area contributed by atoms with E-state index in [9.17, 15) is 0 Å². The van der Waals surface area contributed by atoms with Gasteiger partial charge in [0.15, 0.2) is 0 Å². The van der Waals surface area contributed by atoms with Crippen molar-refractivity contribution in [2.45, 2.75) is 19.3 Å². The molecule has 1 aliphatic carbocycles. The highest BCUT2D eigenvalue weighted by atomic mass is 79.9. The van der Waals surface area contributed by atoms with E-state index < -0.39 is 0 Å². The Morgan fingerprint density at radius 2 is 2.33 bits per heavy atom. The van der Waals surface area contributed by atoms with E-state index in [1.54, 1.807) is 13.3 Å². The molecule has 0 bridgehead atoms. The average molecular weight is 310 g/mol. The predicted octanol–water partition coefficient (Wildman–Crippen LogP) is 2.86. The van der Waals surface area contributed by atoms with Crippen molar-refractivity contribution in [1.82, 2.24) is 15.1 Å². The van der Waals surface area contributed by atoms with Crippen molar-refractivity contribution in [2.75, 3.05) is 7.11 Å². The van der Waals surface area contributed by atoms with Crippen LogP contribution in [0.3, 0.4) is 0 Å². The highest BCUT2D eigenvalue weighted by Gasteiger charge is 2.25. The zero-order chi connectivity index (χ0) is 12.5. The second-order valence-corrected chi connectivity index (χ2v) is 5.13. The second-order valence-electron chi connectivity index (χ2n) is 4.34. The summed E-state index contributed by atoms with van der Waals surface area (Å²) < 4.78 is 11.1. The van der Waals surface area contributed by atoms with Crippen LogP contribution in [0.5, 0.6) is 5.88 Å². The summed E-state index contributed by atoms with van der Waals surface area (Å²) in [4.78, 5) is 8.50. The third-order valence-electron chi connectivity index (χ3n) is 2.92. The molecule has 2 aromatic rings. The van der Waals surface area contributed by atoms with Crippen molar-refractivity contribution in [3.8, 4) is 17.3 Å². The van der Waals surface area contributed by atoms with Gasteiger partial charge in [-0.3, -0.25) is 0 Å². The first-order chi connectivity index (χ1) is 8.78. The molecule has 0 aromatic carbocycles. The maximum Gasteiger partial charge on any atom is 0.228 e. The first kappa shape index (κ1) is 11.6. The van der Waals surface area contributed by atoms with Gasteiger partial charge >= 0.3 is 0 Å². The molecule has 1 fully saturated rings. The molecular formula is C12H12BrN3O2. The Kier molecular flexibility index (Phi) is 3.03. The van der Waals surface area contributed by atoms with Crippen molar-refractivity contribution in [3.63, 3.8) is 0 Å². The lowest BCUT2D eigenvalue weighted by molar-refractivity contribution is 0.373. The molecule has 2 aromatic heterocycles. The van der Waals surface area contributed by atoms with Crippen LogP contribution >= 0.6 is 15.9 Å². The minimum Gasteiger partial charge on any atom is -0.480 e. The van der Waals surface area contributed by atoms with Crippen LogP contribution in [0.2, 0.25) is 0 Å². The van der Waals surface area contributed by atoms with E-state index >= 15 is 0 Å². The molecule has 1 saturated carbocycles. The maximum atomic E-state index is 5.26. The molecule has 94 valence electrons. The van der Waals surface area contributed by atoms with Gasteiger partial charge in [0.1, 0.15) is 0 Å². The van der Waals surface area contributed by atoms with Gasteiger partial charge in [-0.15, -0.1) is 0 Å². The van der Waals surface area contributed by atoms with Crippen molar-refractivity contribution < 1.29 is 9.26 Å². The molecule has 18 heavy (non-hydrogen) atoms. The van der Waals surface area contributed by atoms with E-state index in [4.69, 9.17) is 9.26 Å². The molecule has 0 atom stereocenters. The second kappa shape index (κ2) is 4.68. The summed E-state index contributed by atoms with van der Waals surface area (Å²) in [6, 6.07) is 1.83. The monoisotopic (exact) mass is 309 g/mol. The number of ether oxygens (including phenoxy) is 1. The number of hydrogen-bond acceptors (Lipinski definition) is 5. The normalized spacial score (nSPS) is 14.8. The number of nitrogens with zero attached hydrogens (tertiary/aromatic N) is 3. The summed E-state index contributed by atoms with van der Waals surface area (Å²) in [7, 11) is 1.58. The van der Waals surface area contributed by atoms with Gasteiger partial charge in [0.25, 0.3) is 0 Å². The fraction of sp³-hybridized carbons (Fsp3) is 0.417. The Balaban J connectivity index is 1.91. The third-order valence-corrected chi connectivity index (χ3v) is 3.69. The van der Waals surface area contributed by atoms with Crippen LogP contribution in [-0.2, 0) is 6.42 Å². The van der Waals surface area contributed by atoms with Crippen LogP contribution < -0.4 is 4.74 Å². The van der Waals surface area contributed by atoms with Crippen molar-refractivity contribution in [1.29, 1.82) is 0 Å². The van der Waals surface area contributed by atoms with Gasteiger partial charge in [-0.25, -0.2) is 4.98 Å². The third kappa shape index (κ3) is 2.25. The Hall–Kier alpha value is -1.43. The van der Waals surface area contributed by atoms with Gasteiger partial charge in [-0.2, -0.15) is 4.98 Å². The quantitative estimate of drug-likeness (QED) is 0.869. The van der Waals surface area contributed by atoms with Gasteiger partial charge in [0, 0.05) is 18.2 Å². The molecule has 0 radical (unpaired) electrons. The lowest BCUT2D eigenvalue weighted by atomic mass is 10.2. The summed E-state index contributed by atoms with van der Waals surface area (Å²) in [6.07, 6.45) is 5.08. The van der Waals surface area contributed by atoms with Crippen LogP contribution in [0.4, 0.5) is 0 Å². The Morgan fingerprint density at radius 1 is 1.50 bits per heavy atom. The molecule has 0 spiro atoms. The number of rotatable bonds is 4. The fourth-order valence-corrected chi connectivity index (χ4v) is 2.33. The van der Waals surface area contributed by atoms with E-state index in [0.29, 0.717) is 17.6 Å². The maximum absolute atomic E-state index is 5.26. The average Bonchev–Trinajstić information content (AvgIpc) is 3.06. The molecule has 0 unspecified atom stereocenters. The lowest BCUT2D eigenvalue weighted by Gasteiger charge is -2.03. The Morgan fingerprint density at radius 3 is 3.06 bits per heavy atom. The van der Waals surface area contributed by atoms with Gasteiger partial charge in [0.05, 0.1) is 11.6 Å². The summed E-state index contributed by atoms with van der Waals surface area (Å²) in [5, 5.41) is 4.00. The van der Waals surface area contributed by atoms with Gasteiger partial charge < -0.3 is 9.26 Å². The van der Waals surface area contributed by atoms with Crippen LogP contribution in [-0.4, -0.2) is 22.2 Å². The topological polar surface area (TPSA) is 61.0 Å². The SMILES string of the molecule is COc1nccc(-c2noc(CC3CC3)n2)c1Br. The largest absolute Gasteiger partial charge is 0.480 e. The van der Waals surface area contributed by atoms with Gasteiger partial charge in [-0.1, -0.05) is 5.16 Å². The molecule has 0 N–H and O–H groups in total. The van der Waals surface area contributed by atoms with Gasteiger partial charge in [-0.05, 0) is 40.8 Å². The smallest absolute Gasteiger partial charge is 0.228 e. The van der Waals surface area contributed by atoms with Crippen molar-refractivity contribution in [2.24, 2.45) is 5.92 Å². The first-order valence-electron chi connectivity index (χ1n) is 5.79. The molecule has 1 aliphatic rings. The highest BCUT2D eigenvalue weighted by Crippen LogP contribution is 2.34. The first-order valence-corrected chi connectivity index (χ1v) is 6.58. The summed E-state index contributed by atoms with van der Waals surface area (Å²) in [5.41, 5.74) is 0.827. The van der Waals surface area contributed by atoms with Crippen LogP contribution in [0, 0.1) is 5.92 Å². The summed E-state index contributed by atoms with van der Waals surface area (Å²) in [6.45, 7) is 0. The Labute approximate surface area is 113 Å². The molecule has 3 rings (SSSR count). The molecule has 2 heterocycles. The van der Waals surface area contributed by atoms with Crippen molar-refractivity contribution >= 4 is 15.9 Å². The van der Waals surface area contributed by atoms with Crippen LogP contribution in [0.15, 0.2) is 21.3 Å². The fourth-order valence-electron chi connectivity index (χ4n) is 1.76. The molecule has 0 aliphatic heterocycles. The van der Waals surface area contributed by atoms with Crippen LogP contribution in [0.1, 0.15) is 18.7 Å². The Bertz CT molecular complexity index is 566. The standard InChI is InChI=1S/C12H12BrN3O2/c1-17-12-10(13)8(4-5-14-12)11-15-9(18-16-11)6-7-2-3-7/h4-5,7H,2-3,6H2,1H3. The minimum absolute atomic E-state index is 0.515. The molecule has 6 heteroatoms. The highest BCUT2D eigenvalue weighted by molar-refractivity contribution is 9.10. The van der Waals surface area contributed by atoms with E-state index in [-0.39, 0.29) is 0 Å². The molecule has 0 amide bonds. The van der Waals surface area contributed by atoms with Crippen LogP contribution in [0.25, 0.3) is 11.4 Å². The zero-order valence-corrected chi connectivity index (χ0v) is 11.5. The van der Waals surface area contributed by atoms with Gasteiger partial charge in [0.2, 0.25) is 17.6 Å². The lowest BCUT2D eigenvalue weighted by Crippen LogP contribution is -1.92.